The van der Waals surface area contributed by atoms with E-state index in [1.165, 1.54) is 50.9 Å². The van der Waals surface area contributed by atoms with Gasteiger partial charge in [0.1, 0.15) is 0 Å². The summed E-state index contributed by atoms with van der Waals surface area (Å²) in [5.74, 6) is 1.60. The topological polar surface area (TPSA) is 15.7 Å². The van der Waals surface area contributed by atoms with Crippen molar-refractivity contribution in [2.24, 2.45) is 5.92 Å². The summed E-state index contributed by atoms with van der Waals surface area (Å²) >= 11 is 0. The van der Waals surface area contributed by atoms with Crippen molar-refractivity contribution < 1.29 is 4.74 Å². The molecule has 1 aromatic rings. The van der Waals surface area contributed by atoms with Gasteiger partial charge in [-0.2, -0.15) is 0 Å². The van der Waals surface area contributed by atoms with Crippen LogP contribution in [-0.2, 0) is 11.3 Å². The van der Waals surface area contributed by atoms with E-state index < -0.39 is 0 Å². The molecule has 0 atom stereocenters. The second-order valence-electron chi connectivity index (χ2n) is 9.37. The summed E-state index contributed by atoms with van der Waals surface area (Å²) in [6.07, 6.45) is 5.42. The van der Waals surface area contributed by atoms with Crippen LogP contribution in [0.25, 0.3) is 0 Å². The number of methoxy groups -OCH3 is 1. The van der Waals surface area contributed by atoms with Crippen LogP contribution in [-0.4, -0.2) is 55.2 Å². The van der Waals surface area contributed by atoms with Crippen LogP contribution in [0.15, 0.2) is 24.3 Å². The van der Waals surface area contributed by atoms with E-state index in [1.807, 2.05) is 0 Å². The van der Waals surface area contributed by atoms with Crippen LogP contribution in [0, 0.1) is 5.92 Å². The Morgan fingerprint density at radius 1 is 1.08 bits per heavy atom. The molecule has 0 unspecified atom stereocenters. The lowest BCUT2D eigenvalue weighted by molar-refractivity contribution is 0.0533. The Bertz CT molecular complexity index is 536. The summed E-state index contributed by atoms with van der Waals surface area (Å²) in [5, 5.41) is 0. The van der Waals surface area contributed by atoms with Gasteiger partial charge in [-0.3, -0.25) is 9.80 Å². The fourth-order valence-corrected chi connectivity index (χ4v) is 4.46. The third-order valence-electron chi connectivity index (χ3n) is 6.28. The van der Waals surface area contributed by atoms with E-state index in [-0.39, 0.29) is 5.54 Å². The van der Waals surface area contributed by atoms with Crippen LogP contribution < -0.4 is 0 Å². The van der Waals surface area contributed by atoms with Crippen LogP contribution in [0.3, 0.4) is 0 Å². The number of rotatable bonds is 8. The lowest BCUT2D eigenvalue weighted by Crippen LogP contribution is -2.47. The van der Waals surface area contributed by atoms with Gasteiger partial charge in [0.2, 0.25) is 0 Å². The molecular weight excluding hydrogens is 320 g/mol. The number of hydrogen-bond acceptors (Lipinski definition) is 3. The maximum absolute atomic E-state index is 5.30. The zero-order valence-electron chi connectivity index (χ0n) is 17.3. The van der Waals surface area contributed by atoms with Gasteiger partial charge in [0.25, 0.3) is 0 Å². The van der Waals surface area contributed by atoms with Crippen LogP contribution in [0.1, 0.15) is 63.5 Å². The number of likely N-dealkylation sites (tertiary alicyclic amines) is 1. The summed E-state index contributed by atoms with van der Waals surface area (Å²) in [7, 11) is 1.80. The van der Waals surface area contributed by atoms with Crippen molar-refractivity contribution in [1.82, 2.24) is 9.80 Å². The Labute approximate surface area is 160 Å². The monoisotopic (exact) mass is 358 g/mol. The van der Waals surface area contributed by atoms with Crippen molar-refractivity contribution in [3.63, 3.8) is 0 Å². The van der Waals surface area contributed by atoms with Crippen LogP contribution in [0.4, 0.5) is 0 Å². The van der Waals surface area contributed by atoms with Crippen LogP contribution >= 0.6 is 0 Å². The highest BCUT2D eigenvalue weighted by molar-refractivity contribution is 5.27. The summed E-state index contributed by atoms with van der Waals surface area (Å²) in [4.78, 5) is 5.17. The smallest absolute Gasteiger partial charge is 0.0589 e. The first-order valence-corrected chi connectivity index (χ1v) is 10.5. The molecule has 26 heavy (non-hydrogen) atoms. The molecule has 0 spiro atoms. The lowest BCUT2D eigenvalue weighted by Gasteiger charge is -2.43. The molecule has 146 valence electrons. The average Bonchev–Trinajstić information content (AvgIpc) is 3.06. The highest BCUT2D eigenvalue weighted by Crippen LogP contribution is 2.42. The standard InChI is InChI=1S/C23H38N2O/c1-23(2,3)25(13-14-26-4)18-20-15-22(16-20)21-9-7-19(8-10-21)17-24-11-5-6-12-24/h7-10,20,22H,5-6,11-18H2,1-4H3/t20-,22-. The van der Waals surface area contributed by atoms with Gasteiger partial charge in [0.15, 0.2) is 0 Å². The molecular formula is C23H38N2O. The Morgan fingerprint density at radius 3 is 2.31 bits per heavy atom. The Balaban J connectivity index is 1.46. The Kier molecular flexibility index (Phi) is 6.76. The highest BCUT2D eigenvalue weighted by Gasteiger charge is 2.33. The predicted octanol–water partition coefficient (Wildman–Crippen LogP) is 4.52. The highest BCUT2D eigenvalue weighted by atomic mass is 16.5. The van der Waals surface area contributed by atoms with E-state index in [0.717, 1.165) is 31.5 Å². The summed E-state index contributed by atoms with van der Waals surface area (Å²) in [5.41, 5.74) is 3.25. The first kappa shape index (κ1) is 19.9. The van der Waals surface area contributed by atoms with E-state index in [1.54, 1.807) is 12.7 Å². The molecule has 3 rings (SSSR count). The minimum Gasteiger partial charge on any atom is -0.383 e. The normalized spacial score (nSPS) is 24.2. The molecule has 1 heterocycles. The molecule has 1 aliphatic carbocycles. The maximum Gasteiger partial charge on any atom is 0.0589 e. The van der Waals surface area contributed by atoms with Gasteiger partial charge in [-0.05, 0) is 82.5 Å². The first-order valence-electron chi connectivity index (χ1n) is 10.5. The van der Waals surface area contributed by atoms with Gasteiger partial charge in [-0.1, -0.05) is 24.3 Å². The minimum atomic E-state index is 0.223. The minimum absolute atomic E-state index is 0.223. The Morgan fingerprint density at radius 2 is 1.73 bits per heavy atom. The molecule has 3 heteroatoms. The molecule has 1 aromatic carbocycles. The van der Waals surface area contributed by atoms with Crippen molar-refractivity contribution >= 4 is 0 Å². The quantitative estimate of drug-likeness (QED) is 0.679. The van der Waals surface area contributed by atoms with Crippen LogP contribution in [0.5, 0.6) is 0 Å². The molecule has 1 aliphatic heterocycles. The van der Waals surface area contributed by atoms with Gasteiger partial charge in [-0.25, -0.2) is 0 Å². The van der Waals surface area contributed by atoms with Crippen molar-refractivity contribution in [2.45, 2.75) is 64.5 Å². The molecule has 0 N–H and O–H groups in total. The predicted molar refractivity (Wildman–Crippen MR) is 110 cm³/mol. The number of nitrogens with zero attached hydrogens (tertiary/aromatic N) is 2. The third-order valence-corrected chi connectivity index (χ3v) is 6.28. The van der Waals surface area contributed by atoms with Gasteiger partial charge in [-0.15, -0.1) is 0 Å². The van der Waals surface area contributed by atoms with Gasteiger partial charge in [0, 0.05) is 32.3 Å². The molecule has 3 nitrogen and oxygen atoms in total. The number of hydrogen-bond donors (Lipinski definition) is 0. The maximum atomic E-state index is 5.30. The fraction of sp³-hybridized carbons (Fsp3) is 0.739. The second kappa shape index (κ2) is 8.86. The van der Waals surface area contributed by atoms with Crippen LogP contribution in [0.2, 0.25) is 0 Å². The molecule has 0 radical (unpaired) electrons. The number of benzene rings is 1. The van der Waals surface area contributed by atoms with E-state index in [0.29, 0.717) is 0 Å². The molecule has 2 aliphatic rings. The second-order valence-corrected chi connectivity index (χ2v) is 9.37. The van der Waals surface area contributed by atoms with Crippen molar-refractivity contribution in [1.29, 1.82) is 0 Å². The van der Waals surface area contributed by atoms with Crippen molar-refractivity contribution in [3.8, 4) is 0 Å². The van der Waals surface area contributed by atoms with Gasteiger partial charge in [0.05, 0.1) is 6.61 Å². The largest absolute Gasteiger partial charge is 0.383 e. The van der Waals surface area contributed by atoms with E-state index in [2.05, 4.69) is 54.8 Å². The molecule has 0 aromatic heterocycles. The SMILES string of the molecule is COCCN(C[C@H]1C[C@H](c2ccc(CN3CCCC3)cc2)C1)C(C)(C)C. The number of ether oxygens (including phenoxy) is 1. The zero-order valence-corrected chi connectivity index (χ0v) is 17.3. The zero-order chi connectivity index (χ0) is 18.6. The molecule has 1 saturated carbocycles. The summed E-state index contributed by atoms with van der Waals surface area (Å²) in [6, 6.07) is 9.50. The lowest BCUT2D eigenvalue weighted by atomic mass is 9.71. The van der Waals surface area contributed by atoms with Gasteiger partial charge >= 0.3 is 0 Å². The van der Waals surface area contributed by atoms with Crippen molar-refractivity contribution in [3.05, 3.63) is 35.4 Å². The summed E-state index contributed by atoms with van der Waals surface area (Å²) < 4.78 is 5.30. The molecule has 2 fully saturated rings. The van der Waals surface area contributed by atoms with Gasteiger partial charge < -0.3 is 4.74 Å². The van der Waals surface area contributed by atoms with E-state index in [4.69, 9.17) is 4.74 Å². The average molecular weight is 359 g/mol. The van der Waals surface area contributed by atoms with E-state index in [9.17, 15) is 0 Å². The third kappa shape index (κ3) is 5.31. The molecule has 1 saturated heterocycles. The molecule has 0 bridgehead atoms. The van der Waals surface area contributed by atoms with E-state index >= 15 is 0 Å². The fourth-order valence-electron chi connectivity index (χ4n) is 4.46. The first-order chi connectivity index (χ1) is 12.5. The molecule has 0 amide bonds. The Hall–Kier alpha value is -0.900. The summed E-state index contributed by atoms with van der Waals surface area (Å²) in [6.45, 7) is 13.7. The van der Waals surface area contributed by atoms with Crippen molar-refractivity contribution in [2.75, 3.05) is 39.9 Å².